The van der Waals surface area contributed by atoms with E-state index in [1.807, 2.05) is 6.92 Å². The van der Waals surface area contributed by atoms with Crippen LogP contribution < -0.4 is 0 Å². The maximum atomic E-state index is 11.9. The van der Waals surface area contributed by atoms with Crippen molar-refractivity contribution in [2.45, 2.75) is 38.5 Å². The predicted octanol–water partition coefficient (Wildman–Crippen LogP) is 3.15. The summed E-state index contributed by atoms with van der Waals surface area (Å²) in [5.74, 6) is 0.531. The second-order valence-electron chi connectivity index (χ2n) is 4.85. The van der Waals surface area contributed by atoms with Crippen molar-refractivity contribution in [2.75, 3.05) is 19.8 Å². The van der Waals surface area contributed by atoms with Crippen molar-refractivity contribution in [2.24, 2.45) is 5.92 Å². The van der Waals surface area contributed by atoms with Crippen LogP contribution >= 0.6 is 0 Å². The summed E-state index contributed by atoms with van der Waals surface area (Å²) in [6, 6.07) is 6.60. The highest BCUT2D eigenvalue weighted by molar-refractivity contribution is 7.86. The summed E-state index contributed by atoms with van der Waals surface area (Å²) >= 11 is 0. The molecule has 0 atom stereocenters. The third-order valence-electron chi connectivity index (χ3n) is 3.28. The quantitative estimate of drug-likeness (QED) is 0.519. The molecule has 114 valence electrons. The molecule has 0 saturated heterocycles. The zero-order chi connectivity index (χ0) is 15.0. The van der Waals surface area contributed by atoms with E-state index in [1.54, 1.807) is 24.3 Å². The summed E-state index contributed by atoms with van der Waals surface area (Å²) in [7, 11) is -3.67. The maximum absolute atomic E-state index is 11.9. The Morgan fingerprint density at radius 2 is 1.65 bits per heavy atom. The first kappa shape index (κ1) is 17.1. The molecular formula is C15H24O4S. The molecule has 0 fully saturated rings. The van der Waals surface area contributed by atoms with Crippen LogP contribution in [0.5, 0.6) is 0 Å². The molecule has 4 nitrogen and oxygen atoms in total. The van der Waals surface area contributed by atoms with Crippen LogP contribution in [0.25, 0.3) is 0 Å². The lowest BCUT2D eigenvalue weighted by Gasteiger charge is -2.12. The molecule has 0 aliphatic heterocycles. The highest BCUT2D eigenvalue weighted by atomic mass is 32.2. The van der Waals surface area contributed by atoms with E-state index in [1.165, 1.54) is 0 Å². The Bertz CT molecular complexity index is 475. The highest BCUT2D eigenvalue weighted by Gasteiger charge is 2.14. The number of benzene rings is 1. The summed E-state index contributed by atoms with van der Waals surface area (Å²) < 4.78 is 34.1. The third-order valence-corrected chi connectivity index (χ3v) is 4.61. The Labute approximate surface area is 122 Å². The number of ether oxygens (including phenoxy) is 1. The Morgan fingerprint density at radius 3 is 2.20 bits per heavy atom. The molecule has 0 radical (unpaired) electrons. The van der Waals surface area contributed by atoms with Crippen LogP contribution in [0.2, 0.25) is 0 Å². The van der Waals surface area contributed by atoms with Crippen LogP contribution in [0.1, 0.15) is 32.3 Å². The van der Waals surface area contributed by atoms with Crippen molar-refractivity contribution < 1.29 is 17.3 Å². The third kappa shape index (κ3) is 5.61. The molecule has 0 bridgehead atoms. The van der Waals surface area contributed by atoms with E-state index in [0.29, 0.717) is 19.1 Å². The van der Waals surface area contributed by atoms with Gasteiger partial charge < -0.3 is 4.74 Å². The molecule has 20 heavy (non-hydrogen) atoms. The lowest BCUT2D eigenvalue weighted by molar-refractivity contribution is 0.0733. The van der Waals surface area contributed by atoms with Gasteiger partial charge in [-0.15, -0.1) is 0 Å². The molecule has 0 heterocycles. The van der Waals surface area contributed by atoms with Gasteiger partial charge in [-0.2, -0.15) is 8.42 Å². The first-order valence-electron chi connectivity index (χ1n) is 7.03. The Hall–Kier alpha value is -0.910. The minimum Gasteiger partial charge on any atom is -0.379 e. The van der Waals surface area contributed by atoms with Gasteiger partial charge in [-0.3, -0.25) is 4.18 Å². The average molecular weight is 300 g/mol. The van der Waals surface area contributed by atoms with Crippen LogP contribution in [0, 0.1) is 12.8 Å². The minimum atomic E-state index is -3.67. The van der Waals surface area contributed by atoms with Gasteiger partial charge in [0.05, 0.1) is 18.1 Å². The van der Waals surface area contributed by atoms with Gasteiger partial charge in [-0.25, -0.2) is 0 Å². The zero-order valence-electron chi connectivity index (χ0n) is 12.5. The lowest BCUT2D eigenvalue weighted by Crippen LogP contribution is -2.14. The Balaban J connectivity index is 2.35. The van der Waals surface area contributed by atoms with E-state index in [9.17, 15) is 8.42 Å². The van der Waals surface area contributed by atoms with E-state index in [0.717, 1.165) is 18.4 Å². The van der Waals surface area contributed by atoms with Gasteiger partial charge in [0.15, 0.2) is 0 Å². The van der Waals surface area contributed by atoms with E-state index < -0.39 is 10.1 Å². The normalized spacial score (nSPS) is 12.0. The molecule has 0 spiro atoms. The average Bonchev–Trinajstić information content (AvgIpc) is 2.43. The molecule has 0 unspecified atom stereocenters. The molecule has 5 heteroatoms. The lowest BCUT2D eigenvalue weighted by atomic mass is 10.1. The minimum absolute atomic E-state index is 0.0519. The molecule has 0 saturated carbocycles. The molecular weight excluding hydrogens is 276 g/mol. The van der Waals surface area contributed by atoms with Gasteiger partial charge in [0.1, 0.15) is 0 Å². The highest BCUT2D eigenvalue weighted by Crippen LogP contribution is 2.13. The topological polar surface area (TPSA) is 52.6 Å². The van der Waals surface area contributed by atoms with Gasteiger partial charge in [-0.1, -0.05) is 44.4 Å². The van der Waals surface area contributed by atoms with E-state index in [4.69, 9.17) is 8.92 Å². The standard InChI is InChI=1S/C15H24O4S/c1-4-14(5-2)12-18-10-11-19-20(16,17)15-8-6-13(3)7-9-15/h6-9,14H,4-5,10-12H2,1-3H3. The summed E-state index contributed by atoms with van der Waals surface area (Å²) in [6.45, 7) is 7.15. The fourth-order valence-electron chi connectivity index (χ4n) is 1.75. The number of hydrogen-bond acceptors (Lipinski definition) is 4. The van der Waals surface area contributed by atoms with E-state index in [2.05, 4.69) is 13.8 Å². The maximum Gasteiger partial charge on any atom is 0.297 e. The van der Waals surface area contributed by atoms with Crippen molar-refractivity contribution in [3.63, 3.8) is 0 Å². The van der Waals surface area contributed by atoms with Crippen molar-refractivity contribution in [3.05, 3.63) is 29.8 Å². The van der Waals surface area contributed by atoms with Gasteiger partial charge in [0.2, 0.25) is 0 Å². The smallest absolute Gasteiger partial charge is 0.297 e. The molecule has 0 aliphatic rings. The van der Waals surface area contributed by atoms with Crippen LogP contribution in [0.3, 0.4) is 0 Å². The fourth-order valence-corrected chi connectivity index (χ4v) is 2.64. The van der Waals surface area contributed by atoms with Crippen LogP contribution in [0.4, 0.5) is 0 Å². The van der Waals surface area contributed by atoms with Gasteiger partial charge in [0.25, 0.3) is 10.1 Å². The fraction of sp³-hybridized carbons (Fsp3) is 0.600. The molecule has 0 N–H and O–H groups in total. The van der Waals surface area contributed by atoms with Crippen molar-refractivity contribution in [1.82, 2.24) is 0 Å². The largest absolute Gasteiger partial charge is 0.379 e. The molecule has 0 amide bonds. The van der Waals surface area contributed by atoms with Gasteiger partial charge in [0, 0.05) is 6.61 Å². The summed E-state index contributed by atoms with van der Waals surface area (Å²) in [4.78, 5) is 0.183. The monoisotopic (exact) mass is 300 g/mol. The van der Waals surface area contributed by atoms with Crippen molar-refractivity contribution in [3.8, 4) is 0 Å². The van der Waals surface area contributed by atoms with Crippen LogP contribution in [-0.2, 0) is 19.0 Å². The van der Waals surface area contributed by atoms with Crippen molar-refractivity contribution >= 4 is 10.1 Å². The van der Waals surface area contributed by atoms with E-state index in [-0.39, 0.29) is 11.5 Å². The number of aryl methyl sites for hydroxylation is 1. The SMILES string of the molecule is CCC(CC)COCCOS(=O)(=O)c1ccc(C)cc1. The molecule has 1 aromatic rings. The predicted molar refractivity (Wildman–Crippen MR) is 79.2 cm³/mol. The number of hydrogen-bond donors (Lipinski definition) is 0. The van der Waals surface area contributed by atoms with Gasteiger partial charge in [-0.05, 0) is 25.0 Å². The zero-order valence-corrected chi connectivity index (χ0v) is 13.3. The van der Waals surface area contributed by atoms with Crippen LogP contribution in [0.15, 0.2) is 29.2 Å². The first-order valence-corrected chi connectivity index (χ1v) is 8.44. The summed E-state index contributed by atoms with van der Waals surface area (Å²) in [6.07, 6.45) is 2.14. The van der Waals surface area contributed by atoms with Crippen molar-refractivity contribution in [1.29, 1.82) is 0 Å². The molecule has 0 aromatic heterocycles. The van der Waals surface area contributed by atoms with E-state index >= 15 is 0 Å². The first-order chi connectivity index (χ1) is 9.49. The molecule has 0 aliphatic carbocycles. The molecule has 1 rings (SSSR count). The second kappa shape index (κ2) is 8.39. The Morgan fingerprint density at radius 1 is 1.05 bits per heavy atom. The van der Waals surface area contributed by atoms with Gasteiger partial charge >= 0.3 is 0 Å². The number of rotatable bonds is 9. The summed E-state index contributed by atoms with van der Waals surface area (Å²) in [5.41, 5.74) is 1.01. The Kier molecular flexibility index (Phi) is 7.19. The molecule has 1 aromatic carbocycles. The summed E-state index contributed by atoms with van der Waals surface area (Å²) in [5, 5.41) is 0. The van der Waals surface area contributed by atoms with Crippen LogP contribution in [-0.4, -0.2) is 28.2 Å². The second-order valence-corrected chi connectivity index (χ2v) is 6.46.